The van der Waals surface area contributed by atoms with Crippen LogP contribution in [0, 0.1) is 20.8 Å². The van der Waals surface area contributed by atoms with Crippen LogP contribution in [0.3, 0.4) is 0 Å². The maximum Gasteiger partial charge on any atom is 0.277 e. The lowest BCUT2D eigenvalue weighted by Crippen LogP contribution is -2.25. The highest BCUT2D eigenvalue weighted by molar-refractivity contribution is 9.11. The average molecular weight is 486 g/mol. The first-order chi connectivity index (χ1) is 12.2. The van der Waals surface area contributed by atoms with Gasteiger partial charge in [-0.2, -0.15) is 5.10 Å². The molecule has 0 spiro atoms. The minimum Gasteiger partial charge on any atom is -0.506 e. The molecule has 2 aromatic rings. The van der Waals surface area contributed by atoms with Gasteiger partial charge in [-0.25, -0.2) is 5.43 Å². The summed E-state index contributed by atoms with van der Waals surface area (Å²) >= 11 is 6.23. The van der Waals surface area contributed by atoms with Crippen LogP contribution in [0.25, 0.3) is 0 Å². The summed E-state index contributed by atoms with van der Waals surface area (Å²) in [7, 11) is 0. The van der Waals surface area contributed by atoms with Crippen molar-refractivity contribution in [1.29, 1.82) is 0 Å². The van der Waals surface area contributed by atoms with Crippen LogP contribution in [0.2, 0.25) is 0 Å². The highest BCUT2D eigenvalue weighted by atomic mass is 79.9. The standard InChI is InChI=1S/C18H18Br2N2O4/c1-9-4-5-10(2)18(11(9)3)26-8-14(23)22-21-7-12-6-13(19)17(25)15(20)16(12)24/h4-7,24-25H,8H2,1-3H3,(H,22,23)/b21-7-. The van der Waals surface area contributed by atoms with Crippen molar-refractivity contribution < 1.29 is 19.7 Å². The molecule has 26 heavy (non-hydrogen) atoms. The number of halogens is 2. The monoisotopic (exact) mass is 484 g/mol. The molecule has 0 aliphatic carbocycles. The lowest BCUT2D eigenvalue weighted by molar-refractivity contribution is -0.123. The number of phenols is 2. The number of phenolic OH excluding ortho intramolecular Hbond substituents is 2. The Morgan fingerprint density at radius 1 is 1.19 bits per heavy atom. The smallest absolute Gasteiger partial charge is 0.277 e. The van der Waals surface area contributed by atoms with Crippen molar-refractivity contribution in [2.75, 3.05) is 6.61 Å². The molecule has 8 heteroatoms. The number of nitrogens with zero attached hydrogens (tertiary/aromatic N) is 1. The van der Waals surface area contributed by atoms with Crippen molar-refractivity contribution >= 4 is 44.0 Å². The molecule has 0 aliphatic rings. The number of hydrazone groups is 1. The summed E-state index contributed by atoms with van der Waals surface area (Å²) in [5, 5.41) is 23.4. The molecular formula is C18H18Br2N2O4. The second-order valence-corrected chi connectivity index (χ2v) is 7.34. The summed E-state index contributed by atoms with van der Waals surface area (Å²) < 4.78 is 6.12. The Morgan fingerprint density at radius 3 is 2.54 bits per heavy atom. The fourth-order valence-corrected chi connectivity index (χ4v) is 3.36. The van der Waals surface area contributed by atoms with Gasteiger partial charge in [0.05, 0.1) is 10.7 Å². The van der Waals surface area contributed by atoms with Gasteiger partial charge in [0, 0.05) is 5.56 Å². The van der Waals surface area contributed by atoms with Crippen LogP contribution in [0.5, 0.6) is 17.2 Å². The first-order valence-corrected chi connectivity index (χ1v) is 9.22. The van der Waals surface area contributed by atoms with Crippen LogP contribution in [-0.2, 0) is 4.79 Å². The number of carbonyl (C=O) groups excluding carboxylic acids is 1. The number of nitrogens with one attached hydrogen (secondary N) is 1. The van der Waals surface area contributed by atoms with Gasteiger partial charge in [0.15, 0.2) is 6.61 Å². The molecule has 0 saturated carbocycles. The van der Waals surface area contributed by atoms with Gasteiger partial charge in [0.1, 0.15) is 21.7 Å². The zero-order valence-corrected chi connectivity index (χ0v) is 17.6. The Bertz CT molecular complexity index is 882. The molecule has 138 valence electrons. The van der Waals surface area contributed by atoms with Crippen LogP contribution >= 0.6 is 31.9 Å². The molecule has 2 aromatic carbocycles. The summed E-state index contributed by atoms with van der Waals surface area (Å²) in [4.78, 5) is 11.9. The zero-order chi connectivity index (χ0) is 19.4. The van der Waals surface area contributed by atoms with E-state index >= 15 is 0 Å². The fraction of sp³-hybridized carbons (Fsp3) is 0.222. The largest absolute Gasteiger partial charge is 0.506 e. The second-order valence-electron chi connectivity index (χ2n) is 5.69. The lowest BCUT2D eigenvalue weighted by atomic mass is 10.1. The van der Waals surface area contributed by atoms with Gasteiger partial charge in [-0.1, -0.05) is 12.1 Å². The third kappa shape index (κ3) is 4.56. The Labute approximate surface area is 168 Å². The first-order valence-electron chi connectivity index (χ1n) is 7.63. The van der Waals surface area contributed by atoms with E-state index in [4.69, 9.17) is 4.74 Å². The molecule has 0 aliphatic heterocycles. The lowest BCUT2D eigenvalue weighted by Gasteiger charge is -2.13. The molecule has 0 radical (unpaired) electrons. The van der Waals surface area contributed by atoms with Crippen LogP contribution in [-0.4, -0.2) is 28.9 Å². The van der Waals surface area contributed by atoms with Gasteiger partial charge in [-0.3, -0.25) is 4.79 Å². The Kier molecular flexibility index (Phi) is 6.66. The fourth-order valence-electron chi connectivity index (χ4n) is 2.21. The van der Waals surface area contributed by atoms with E-state index in [-0.39, 0.29) is 22.6 Å². The van der Waals surface area contributed by atoms with E-state index in [1.54, 1.807) is 0 Å². The van der Waals surface area contributed by atoms with Gasteiger partial charge < -0.3 is 14.9 Å². The molecule has 0 unspecified atom stereocenters. The van der Waals surface area contributed by atoms with E-state index < -0.39 is 5.91 Å². The Hall–Kier alpha value is -2.06. The Balaban J connectivity index is 2.00. The van der Waals surface area contributed by atoms with Gasteiger partial charge in [0.2, 0.25) is 0 Å². The van der Waals surface area contributed by atoms with Crippen LogP contribution in [0.15, 0.2) is 32.2 Å². The van der Waals surface area contributed by atoms with Crippen LogP contribution in [0.4, 0.5) is 0 Å². The first kappa shape index (κ1) is 20.3. The number of ether oxygens (including phenoxy) is 1. The molecule has 1 amide bonds. The molecule has 0 heterocycles. The van der Waals surface area contributed by atoms with Crippen LogP contribution < -0.4 is 10.2 Å². The third-order valence-corrected chi connectivity index (χ3v) is 5.17. The second kappa shape index (κ2) is 8.55. The molecular weight excluding hydrogens is 468 g/mol. The van der Waals surface area contributed by atoms with E-state index in [1.807, 2.05) is 32.9 Å². The average Bonchev–Trinajstić information content (AvgIpc) is 2.60. The summed E-state index contributed by atoms with van der Waals surface area (Å²) in [6.45, 7) is 5.65. The predicted octanol–water partition coefficient (Wildman–Crippen LogP) is 4.08. The molecule has 0 aromatic heterocycles. The summed E-state index contributed by atoms with van der Waals surface area (Å²) in [5.41, 5.74) is 5.68. The SMILES string of the molecule is Cc1ccc(C)c(OCC(=O)N/N=C\c2cc(Br)c(O)c(Br)c2O)c1C. The number of amides is 1. The minimum atomic E-state index is -0.432. The number of aromatic hydroxyl groups is 2. The van der Waals surface area contributed by atoms with E-state index in [0.717, 1.165) is 16.7 Å². The van der Waals surface area contributed by atoms with Gasteiger partial charge >= 0.3 is 0 Å². The quantitative estimate of drug-likeness (QED) is 0.439. The summed E-state index contributed by atoms with van der Waals surface area (Å²) in [6, 6.07) is 5.42. The van der Waals surface area contributed by atoms with Crippen molar-refractivity contribution in [3.8, 4) is 17.2 Å². The highest BCUT2D eigenvalue weighted by Gasteiger charge is 2.13. The van der Waals surface area contributed by atoms with Crippen molar-refractivity contribution in [3.63, 3.8) is 0 Å². The molecule has 6 nitrogen and oxygen atoms in total. The summed E-state index contributed by atoms with van der Waals surface area (Å²) in [5.74, 6) is -0.0573. The molecule has 0 bridgehead atoms. The topological polar surface area (TPSA) is 91.2 Å². The molecule has 2 rings (SSSR count). The number of hydrogen-bond donors (Lipinski definition) is 3. The van der Waals surface area contributed by atoms with E-state index in [2.05, 4.69) is 42.4 Å². The normalized spacial score (nSPS) is 11.0. The van der Waals surface area contributed by atoms with Gasteiger partial charge in [-0.05, 0) is 75.4 Å². The highest BCUT2D eigenvalue weighted by Crippen LogP contribution is 2.40. The number of hydrogen-bond acceptors (Lipinski definition) is 5. The number of benzene rings is 2. The number of aryl methyl sites for hydroxylation is 2. The van der Waals surface area contributed by atoms with Crippen molar-refractivity contribution in [3.05, 3.63) is 49.4 Å². The third-order valence-electron chi connectivity index (χ3n) is 3.81. The summed E-state index contributed by atoms with van der Waals surface area (Å²) in [6.07, 6.45) is 1.27. The zero-order valence-electron chi connectivity index (χ0n) is 14.4. The van der Waals surface area contributed by atoms with Crippen molar-refractivity contribution in [2.24, 2.45) is 5.10 Å². The maximum atomic E-state index is 11.9. The predicted molar refractivity (Wildman–Crippen MR) is 107 cm³/mol. The van der Waals surface area contributed by atoms with E-state index in [9.17, 15) is 15.0 Å². The minimum absolute atomic E-state index is 0.124. The molecule has 3 N–H and O–H groups in total. The molecule has 0 fully saturated rings. The number of carbonyl (C=O) groups is 1. The Morgan fingerprint density at radius 2 is 1.85 bits per heavy atom. The molecule has 0 saturated heterocycles. The van der Waals surface area contributed by atoms with Crippen molar-refractivity contribution in [2.45, 2.75) is 20.8 Å². The van der Waals surface area contributed by atoms with Crippen LogP contribution in [0.1, 0.15) is 22.3 Å². The molecule has 0 atom stereocenters. The van der Waals surface area contributed by atoms with Crippen molar-refractivity contribution in [1.82, 2.24) is 5.43 Å². The van der Waals surface area contributed by atoms with Gasteiger partial charge in [-0.15, -0.1) is 0 Å². The van der Waals surface area contributed by atoms with Gasteiger partial charge in [0.25, 0.3) is 5.91 Å². The maximum absolute atomic E-state index is 11.9. The van der Waals surface area contributed by atoms with E-state index in [0.29, 0.717) is 15.8 Å². The number of rotatable bonds is 5. The van der Waals surface area contributed by atoms with E-state index in [1.165, 1.54) is 12.3 Å².